The van der Waals surface area contributed by atoms with Gasteiger partial charge in [0.25, 0.3) is 0 Å². The number of rotatable bonds is 12. The topological polar surface area (TPSA) is 35.5 Å². The summed E-state index contributed by atoms with van der Waals surface area (Å²) >= 11 is 0. The summed E-state index contributed by atoms with van der Waals surface area (Å²) in [6.45, 7) is 4.91. The molecule has 0 N–H and O–H groups in total. The molecule has 0 aliphatic heterocycles. The summed E-state index contributed by atoms with van der Waals surface area (Å²) in [5.74, 6) is 0.543. The predicted octanol–water partition coefficient (Wildman–Crippen LogP) is 8.98. The van der Waals surface area contributed by atoms with Gasteiger partial charge in [-0.15, -0.1) is 0 Å². The highest BCUT2D eigenvalue weighted by Crippen LogP contribution is 2.30. The number of aryl methyl sites for hydroxylation is 2. The van der Waals surface area contributed by atoms with Gasteiger partial charge in [-0.05, 0) is 61.8 Å². The molecule has 0 aliphatic carbocycles. The van der Waals surface area contributed by atoms with Crippen LogP contribution in [0, 0.1) is 13.8 Å². The second-order valence-corrected chi connectivity index (χ2v) is 9.98. The van der Waals surface area contributed by atoms with Gasteiger partial charge in [-0.3, -0.25) is 0 Å². The molecule has 4 rings (SSSR count). The van der Waals surface area contributed by atoms with Crippen LogP contribution < -0.4 is 0 Å². The first kappa shape index (κ1) is 27.2. The Hall–Kier alpha value is -3.85. The van der Waals surface area contributed by atoms with Gasteiger partial charge in [0.2, 0.25) is 0 Å². The van der Waals surface area contributed by atoms with Crippen molar-refractivity contribution < 1.29 is 14.3 Å². The van der Waals surface area contributed by atoms with Crippen LogP contribution in [0.2, 0.25) is 0 Å². The lowest BCUT2D eigenvalue weighted by atomic mass is 9.87. The zero-order chi connectivity index (χ0) is 26.6. The van der Waals surface area contributed by atoms with Crippen molar-refractivity contribution in [3.05, 3.63) is 143 Å². The summed E-state index contributed by atoms with van der Waals surface area (Å²) in [5, 5.41) is 0. The fourth-order valence-electron chi connectivity index (χ4n) is 4.95. The van der Waals surface area contributed by atoms with Crippen LogP contribution in [0.1, 0.15) is 70.9 Å². The van der Waals surface area contributed by atoms with Crippen molar-refractivity contribution >= 4 is 6.16 Å². The van der Waals surface area contributed by atoms with E-state index in [4.69, 9.17) is 9.47 Å². The molecule has 0 bridgehead atoms. The van der Waals surface area contributed by atoms with E-state index in [1.807, 2.05) is 12.1 Å². The number of carbonyl (C=O) groups excluding carboxylic acids is 1. The molecule has 0 heterocycles. The summed E-state index contributed by atoms with van der Waals surface area (Å²) in [6, 6.07) is 38.4. The lowest BCUT2D eigenvalue weighted by molar-refractivity contribution is 0.0527. The molecule has 2 atom stereocenters. The Kier molecular flexibility index (Phi) is 10.1. The highest BCUT2D eigenvalue weighted by Gasteiger charge is 2.16. The number of benzene rings is 4. The van der Waals surface area contributed by atoms with Crippen molar-refractivity contribution in [1.82, 2.24) is 0 Å². The average Bonchev–Trinajstić information content (AvgIpc) is 2.95. The molecular formula is C35H38O3. The lowest BCUT2D eigenvalue weighted by Crippen LogP contribution is -2.11. The van der Waals surface area contributed by atoms with Gasteiger partial charge in [-0.2, -0.15) is 0 Å². The summed E-state index contributed by atoms with van der Waals surface area (Å²) in [7, 11) is 0. The summed E-state index contributed by atoms with van der Waals surface area (Å²) < 4.78 is 10.8. The Morgan fingerprint density at radius 2 is 0.868 bits per heavy atom. The average molecular weight is 507 g/mol. The van der Waals surface area contributed by atoms with E-state index in [0.29, 0.717) is 13.2 Å². The normalized spacial score (nSPS) is 12.5. The number of ether oxygens (including phenoxy) is 2. The van der Waals surface area contributed by atoms with Gasteiger partial charge in [0, 0.05) is 11.8 Å². The minimum absolute atomic E-state index is 0.271. The SMILES string of the molecule is Cc1ccc(C(CCCOC(=O)OCCCC(c2ccccc2)c2ccc(C)cc2)c2ccccc2)cc1. The molecule has 0 spiro atoms. The highest BCUT2D eigenvalue weighted by molar-refractivity contribution is 5.59. The van der Waals surface area contributed by atoms with Crippen LogP contribution in [0.3, 0.4) is 0 Å². The molecule has 196 valence electrons. The Labute approximate surface area is 227 Å². The first-order valence-corrected chi connectivity index (χ1v) is 13.6. The Balaban J connectivity index is 1.22. The Morgan fingerprint density at radius 3 is 1.24 bits per heavy atom. The van der Waals surface area contributed by atoms with E-state index in [-0.39, 0.29) is 11.8 Å². The van der Waals surface area contributed by atoms with Crippen molar-refractivity contribution in [3.63, 3.8) is 0 Å². The standard InChI is InChI=1S/C35H38O3/c1-27-17-21-31(22-18-27)33(29-11-5-3-6-12-29)15-9-25-37-35(36)38-26-10-16-34(30-13-7-4-8-14-30)32-23-19-28(2)20-24-32/h3-8,11-14,17-24,33-34H,9-10,15-16,25-26H2,1-2H3. The van der Waals surface area contributed by atoms with Crippen LogP contribution in [-0.2, 0) is 9.47 Å². The van der Waals surface area contributed by atoms with E-state index in [1.54, 1.807) is 0 Å². The minimum Gasteiger partial charge on any atom is -0.434 e. The first-order valence-electron chi connectivity index (χ1n) is 13.6. The monoisotopic (exact) mass is 506 g/mol. The molecule has 38 heavy (non-hydrogen) atoms. The fraction of sp³-hybridized carbons (Fsp3) is 0.286. The van der Waals surface area contributed by atoms with Gasteiger partial charge < -0.3 is 9.47 Å². The van der Waals surface area contributed by atoms with E-state index in [0.717, 1.165) is 25.7 Å². The first-order chi connectivity index (χ1) is 18.6. The second kappa shape index (κ2) is 14.2. The number of hydrogen-bond donors (Lipinski definition) is 0. The van der Waals surface area contributed by atoms with Gasteiger partial charge in [-0.25, -0.2) is 4.79 Å². The molecular weight excluding hydrogens is 468 g/mol. The van der Waals surface area contributed by atoms with Crippen LogP contribution >= 0.6 is 0 Å². The van der Waals surface area contributed by atoms with Crippen LogP contribution in [0.5, 0.6) is 0 Å². The van der Waals surface area contributed by atoms with Crippen molar-refractivity contribution in [3.8, 4) is 0 Å². The molecule has 0 saturated heterocycles. The van der Waals surface area contributed by atoms with Crippen molar-refractivity contribution in [2.24, 2.45) is 0 Å². The van der Waals surface area contributed by atoms with E-state index < -0.39 is 6.16 Å². The molecule has 2 unspecified atom stereocenters. The van der Waals surface area contributed by atoms with Gasteiger partial charge in [-0.1, -0.05) is 120 Å². The predicted molar refractivity (Wildman–Crippen MR) is 155 cm³/mol. The zero-order valence-electron chi connectivity index (χ0n) is 22.5. The molecule has 0 aliphatic rings. The van der Waals surface area contributed by atoms with E-state index >= 15 is 0 Å². The maximum absolute atomic E-state index is 12.2. The van der Waals surface area contributed by atoms with E-state index in [1.165, 1.54) is 33.4 Å². The quantitative estimate of drug-likeness (QED) is 0.142. The van der Waals surface area contributed by atoms with Crippen LogP contribution in [0.15, 0.2) is 109 Å². The van der Waals surface area contributed by atoms with Crippen LogP contribution in [0.25, 0.3) is 0 Å². The third kappa shape index (κ3) is 8.08. The van der Waals surface area contributed by atoms with Gasteiger partial charge in [0.1, 0.15) is 0 Å². The second-order valence-electron chi connectivity index (χ2n) is 9.98. The summed E-state index contributed by atoms with van der Waals surface area (Å²) in [4.78, 5) is 12.2. The summed E-state index contributed by atoms with van der Waals surface area (Å²) in [5.41, 5.74) is 7.62. The maximum Gasteiger partial charge on any atom is 0.508 e. The molecule has 0 saturated carbocycles. The number of hydrogen-bond acceptors (Lipinski definition) is 3. The van der Waals surface area contributed by atoms with Gasteiger partial charge in [0.05, 0.1) is 13.2 Å². The minimum atomic E-state index is -0.580. The number of carbonyl (C=O) groups is 1. The molecule has 4 aromatic rings. The van der Waals surface area contributed by atoms with Crippen LogP contribution in [0.4, 0.5) is 4.79 Å². The van der Waals surface area contributed by atoms with Gasteiger partial charge >= 0.3 is 6.16 Å². The van der Waals surface area contributed by atoms with Crippen molar-refractivity contribution in [2.75, 3.05) is 13.2 Å². The molecule has 3 heteroatoms. The zero-order valence-corrected chi connectivity index (χ0v) is 22.5. The van der Waals surface area contributed by atoms with E-state index in [2.05, 4.69) is 111 Å². The highest BCUT2D eigenvalue weighted by atomic mass is 16.7. The molecule has 0 fully saturated rings. The van der Waals surface area contributed by atoms with Gasteiger partial charge in [0.15, 0.2) is 0 Å². The maximum atomic E-state index is 12.2. The molecule has 0 amide bonds. The fourth-order valence-corrected chi connectivity index (χ4v) is 4.95. The third-order valence-corrected chi connectivity index (χ3v) is 7.08. The van der Waals surface area contributed by atoms with Crippen molar-refractivity contribution in [2.45, 2.75) is 51.4 Å². The van der Waals surface area contributed by atoms with Crippen molar-refractivity contribution in [1.29, 1.82) is 0 Å². The van der Waals surface area contributed by atoms with E-state index in [9.17, 15) is 4.79 Å². The Morgan fingerprint density at radius 1 is 0.526 bits per heavy atom. The molecule has 4 aromatic carbocycles. The smallest absolute Gasteiger partial charge is 0.434 e. The third-order valence-electron chi connectivity index (χ3n) is 7.08. The largest absolute Gasteiger partial charge is 0.508 e. The molecule has 3 nitrogen and oxygen atoms in total. The molecule has 0 aromatic heterocycles. The molecule has 0 radical (unpaired) electrons. The van der Waals surface area contributed by atoms with Crippen LogP contribution in [-0.4, -0.2) is 19.4 Å². The Bertz CT molecular complexity index is 1130. The summed E-state index contributed by atoms with van der Waals surface area (Å²) in [6.07, 6.45) is 2.76. The lowest BCUT2D eigenvalue weighted by Gasteiger charge is -2.19.